The predicted molar refractivity (Wildman–Crippen MR) is 115 cm³/mol. The molecule has 0 atom stereocenters. The molecule has 0 fully saturated rings. The maximum atomic E-state index is 5.08. The van der Waals surface area contributed by atoms with Crippen molar-refractivity contribution in [3.05, 3.63) is 84.6 Å². The Morgan fingerprint density at radius 3 is 2.46 bits per heavy atom. The molecule has 136 valence electrons. The van der Waals surface area contributed by atoms with Crippen LogP contribution in [0.1, 0.15) is 5.56 Å². The average molecular weight is 364 g/mol. The molecule has 2 heterocycles. The maximum absolute atomic E-state index is 5.08. The smallest absolute Gasteiger partial charge is 0.212 e. The number of fused-ring (bicyclic) bond motifs is 3. The molecule has 0 N–H and O–H groups in total. The summed E-state index contributed by atoms with van der Waals surface area (Å²) in [6, 6.07) is 25.6. The molecular formula is C25H22N3+. The van der Waals surface area contributed by atoms with Crippen molar-refractivity contribution in [3.8, 4) is 22.6 Å². The molecule has 0 aliphatic rings. The van der Waals surface area contributed by atoms with Crippen LogP contribution in [-0.2, 0) is 14.1 Å². The molecule has 28 heavy (non-hydrogen) atoms. The summed E-state index contributed by atoms with van der Waals surface area (Å²) < 4.78 is 4.37. The largest absolute Gasteiger partial charge is 0.327 e. The lowest BCUT2D eigenvalue weighted by Gasteiger charge is -2.10. The van der Waals surface area contributed by atoms with E-state index in [-0.39, 0.29) is 0 Å². The predicted octanol–water partition coefficient (Wildman–Crippen LogP) is 5.19. The Morgan fingerprint density at radius 2 is 1.61 bits per heavy atom. The summed E-state index contributed by atoms with van der Waals surface area (Å²) in [4.78, 5) is 5.08. The molecule has 0 amide bonds. The van der Waals surface area contributed by atoms with Crippen LogP contribution in [0.2, 0.25) is 0 Å². The van der Waals surface area contributed by atoms with E-state index in [1.54, 1.807) is 0 Å². The zero-order valence-electron chi connectivity index (χ0n) is 16.3. The van der Waals surface area contributed by atoms with Gasteiger partial charge in [0.1, 0.15) is 12.9 Å². The minimum Gasteiger partial charge on any atom is -0.327 e. The lowest BCUT2D eigenvalue weighted by molar-refractivity contribution is -0.660. The Morgan fingerprint density at radius 1 is 0.821 bits per heavy atom. The molecular weight excluding hydrogens is 342 g/mol. The van der Waals surface area contributed by atoms with E-state index in [4.69, 9.17) is 4.98 Å². The Hall–Kier alpha value is -3.46. The van der Waals surface area contributed by atoms with Gasteiger partial charge in [-0.25, -0.2) is 9.55 Å². The van der Waals surface area contributed by atoms with Gasteiger partial charge in [0.2, 0.25) is 5.69 Å². The first-order valence-corrected chi connectivity index (χ1v) is 9.54. The number of pyridine rings is 1. The van der Waals surface area contributed by atoms with Crippen LogP contribution in [0.15, 0.2) is 79.0 Å². The second-order valence-electron chi connectivity index (χ2n) is 7.32. The number of imidazole rings is 1. The molecule has 3 nitrogen and oxygen atoms in total. The lowest BCUT2D eigenvalue weighted by Crippen LogP contribution is -2.30. The molecule has 2 aromatic heterocycles. The minimum atomic E-state index is 1.00. The first kappa shape index (κ1) is 16.7. The molecule has 0 radical (unpaired) electrons. The van der Waals surface area contributed by atoms with Crippen molar-refractivity contribution in [2.24, 2.45) is 14.1 Å². The molecule has 0 aliphatic heterocycles. The van der Waals surface area contributed by atoms with Crippen LogP contribution in [0.3, 0.4) is 0 Å². The van der Waals surface area contributed by atoms with Gasteiger partial charge in [-0.2, -0.15) is 0 Å². The highest BCUT2D eigenvalue weighted by molar-refractivity contribution is 6.05. The highest BCUT2D eigenvalue weighted by Crippen LogP contribution is 2.33. The Labute approximate surface area is 164 Å². The van der Waals surface area contributed by atoms with Gasteiger partial charge in [0, 0.05) is 35.7 Å². The second kappa shape index (κ2) is 6.31. The first-order chi connectivity index (χ1) is 13.6. The van der Waals surface area contributed by atoms with Crippen LogP contribution in [0.5, 0.6) is 0 Å². The van der Waals surface area contributed by atoms with Gasteiger partial charge in [-0.15, -0.1) is 0 Å². The Bertz CT molecular complexity index is 1350. The number of rotatable bonds is 2. The lowest BCUT2D eigenvalue weighted by atomic mass is 9.99. The van der Waals surface area contributed by atoms with Gasteiger partial charge < -0.3 is 4.57 Å². The van der Waals surface area contributed by atoms with E-state index in [0.29, 0.717) is 0 Å². The summed E-state index contributed by atoms with van der Waals surface area (Å²) in [5.74, 6) is 1.00. The topological polar surface area (TPSA) is 21.7 Å². The summed E-state index contributed by atoms with van der Waals surface area (Å²) in [7, 11) is 4.19. The molecule has 3 heteroatoms. The summed E-state index contributed by atoms with van der Waals surface area (Å²) in [6.45, 7) is 2.19. The van der Waals surface area contributed by atoms with E-state index in [9.17, 15) is 0 Å². The fourth-order valence-electron chi connectivity index (χ4n) is 4.13. The summed E-state index contributed by atoms with van der Waals surface area (Å²) in [6.07, 6.45) is 2.09. The van der Waals surface area contributed by atoms with E-state index < -0.39 is 0 Å². The van der Waals surface area contributed by atoms with Gasteiger partial charge in [-0.05, 0) is 36.1 Å². The fourth-order valence-corrected chi connectivity index (χ4v) is 4.13. The third kappa shape index (κ3) is 2.43. The molecule has 5 rings (SSSR count). The fraction of sp³-hybridized carbons (Fsp3) is 0.120. The van der Waals surface area contributed by atoms with Gasteiger partial charge in [0.05, 0.1) is 11.0 Å². The number of hydrogen-bond donors (Lipinski definition) is 0. The molecule has 5 aromatic rings. The zero-order valence-corrected chi connectivity index (χ0v) is 16.3. The van der Waals surface area contributed by atoms with Crippen molar-refractivity contribution in [1.82, 2.24) is 9.55 Å². The van der Waals surface area contributed by atoms with Crippen LogP contribution < -0.4 is 4.57 Å². The summed E-state index contributed by atoms with van der Waals surface area (Å²) in [5, 5.41) is 2.42. The van der Waals surface area contributed by atoms with Crippen LogP contribution in [0, 0.1) is 6.92 Å². The highest BCUT2D eigenvalue weighted by atomic mass is 15.1. The molecule has 0 saturated heterocycles. The maximum Gasteiger partial charge on any atom is 0.212 e. The third-order valence-corrected chi connectivity index (χ3v) is 5.68. The van der Waals surface area contributed by atoms with Crippen molar-refractivity contribution in [2.45, 2.75) is 6.92 Å². The number of hydrogen-bond acceptors (Lipinski definition) is 1. The molecule has 0 bridgehead atoms. The van der Waals surface area contributed by atoms with E-state index in [1.807, 2.05) is 0 Å². The van der Waals surface area contributed by atoms with Gasteiger partial charge >= 0.3 is 0 Å². The van der Waals surface area contributed by atoms with Crippen molar-refractivity contribution in [2.75, 3.05) is 0 Å². The molecule has 0 unspecified atom stereocenters. The Balaban J connectivity index is 1.77. The minimum absolute atomic E-state index is 1.00. The molecule has 0 aliphatic carbocycles. The van der Waals surface area contributed by atoms with Gasteiger partial charge in [0.25, 0.3) is 0 Å². The van der Waals surface area contributed by atoms with Crippen LogP contribution >= 0.6 is 0 Å². The van der Waals surface area contributed by atoms with E-state index in [0.717, 1.165) is 16.9 Å². The normalized spacial score (nSPS) is 11.4. The highest BCUT2D eigenvalue weighted by Gasteiger charge is 2.18. The number of benzene rings is 3. The van der Waals surface area contributed by atoms with Gasteiger partial charge in [-0.1, -0.05) is 42.5 Å². The molecule has 3 aromatic carbocycles. The summed E-state index contributed by atoms with van der Waals surface area (Å²) >= 11 is 0. The van der Waals surface area contributed by atoms with E-state index in [1.165, 1.54) is 33.2 Å². The second-order valence-corrected chi connectivity index (χ2v) is 7.32. The number of nitrogens with zero attached hydrogens (tertiary/aromatic N) is 3. The number of aryl methyl sites for hydroxylation is 2. The average Bonchev–Trinajstić information content (AvgIpc) is 3.06. The standard InChI is InChI=1S/C25H22N3/c1-17-19(22-13-6-7-16-27(22)2)11-8-12-20(17)25-26-24-21-10-5-4-9-18(21)14-15-23(24)28(25)3/h4-16H,1-3H3/q+1. The zero-order chi connectivity index (χ0) is 19.3. The molecule has 0 saturated carbocycles. The van der Waals surface area contributed by atoms with Crippen LogP contribution in [0.25, 0.3) is 44.5 Å². The van der Waals surface area contributed by atoms with Crippen LogP contribution in [0.4, 0.5) is 0 Å². The van der Waals surface area contributed by atoms with Gasteiger partial charge in [0.15, 0.2) is 6.20 Å². The van der Waals surface area contributed by atoms with Crippen LogP contribution in [-0.4, -0.2) is 9.55 Å². The third-order valence-electron chi connectivity index (χ3n) is 5.68. The number of aromatic nitrogens is 3. The van der Waals surface area contributed by atoms with Crippen molar-refractivity contribution < 1.29 is 4.57 Å². The SMILES string of the molecule is Cc1c(-c2nc3c4ccccc4ccc3n2C)cccc1-c1cccc[n+]1C. The Kier molecular flexibility index (Phi) is 3.76. The van der Waals surface area contributed by atoms with Crippen molar-refractivity contribution in [3.63, 3.8) is 0 Å². The van der Waals surface area contributed by atoms with E-state index >= 15 is 0 Å². The van der Waals surface area contributed by atoms with E-state index in [2.05, 4.69) is 109 Å². The van der Waals surface area contributed by atoms with Gasteiger partial charge in [-0.3, -0.25) is 0 Å². The first-order valence-electron chi connectivity index (χ1n) is 9.54. The molecule has 0 spiro atoms. The monoisotopic (exact) mass is 364 g/mol. The summed E-state index contributed by atoms with van der Waals surface area (Å²) in [5.41, 5.74) is 7.06. The van der Waals surface area contributed by atoms with Crippen molar-refractivity contribution >= 4 is 21.8 Å². The quantitative estimate of drug-likeness (QED) is 0.395. The van der Waals surface area contributed by atoms with Crippen molar-refractivity contribution in [1.29, 1.82) is 0 Å².